The van der Waals surface area contributed by atoms with Crippen molar-refractivity contribution in [2.45, 2.75) is 12.8 Å². The fourth-order valence-corrected chi connectivity index (χ4v) is 3.58. The highest BCUT2D eigenvalue weighted by atomic mass is 16.6. The molecule has 0 radical (unpaired) electrons. The van der Waals surface area contributed by atoms with E-state index in [0.717, 1.165) is 56.7 Å². The molecule has 0 spiro atoms. The first-order valence-electron chi connectivity index (χ1n) is 8.90. The van der Waals surface area contributed by atoms with Crippen molar-refractivity contribution in [1.29, 1.82) is 0 Å². The van der Waals surface area contributed by atoms with Crippen LogP contribution < -0.4 is 14.7 Å². The molecule has 0 aliphatic carbocycles. The summed E-state index contributed by atoms with van der Waals surface area (Å²) in [5.74, 6) is 2.67. The highest BCUT2D eigenvalue weighted by Crippen LogP contribution is 2.30. The number of fused-ring (bicyclic) bond motifs is 1. The van der Waals surface area contributed by atoms with Crippen LogP contribution in [0, 0.1) is 0 Å². The predicted octanol–water partition coefficient (Wildman–Crippen LogP) is 0.730. The SMILES string of the molecule is c1cnc(N2CCN(c3nc4nonc4nc3N3CCCC3)CC2)cn1. The fourth-order valence-electron chi connectivity index (χ4n) is 3.58. The van der Waals surface area contributed by atoms with E-state index in [1.807, 2.05) is 0 Å². The fraction of sp³-hybridized carbons (Fsp3) is 0.500. The second-order valence-electron chi connectivity index (χ2n) is 6.51. The van der Waals surface area contributed by atoms with Crippen LogP contribution in [0.3, 0.4) is 0 Å². The van der Waals surface area contributed by atoms with Gasteiger partial charge in [-0.15, -0.1) is 0 Å². The van der Waals surface area contributed by atoms with Gasteiger partial charge in [0.2, 0.25) is 11.3 Å². The highest BCUT2D eigenvalue weighted by Gasteiger charge is 2.27. The van der Waals surface area contributed by atoms with Crippen molar-refractivity contribution in [2.24, 2.45) is 0 Å². The lowest BCUT2D eigenvalue weighted by atomic mass is 10.3. The first kappa shape index (κ1) is 15.2. The zero-order valence-electron chi connectivity index (χ0n) is 14.3. The van der Waals surface area contributed by atoms with Crippen LogP contribution in [0.25, 0.3) is 11.3 Å². The van der Waals surface area contributed by atoms with Crippen LogP contribution in [-0.2, 0) is 0 Å². The molecule has 3 aromatic heterocycles. The molecule has 0 unspecified atom stereocenters. The molecule has 0 aromatic carbocycles. The zero-order chi connectivity index (χ0) is 17.3. The lowest BCUT2D eigenvalue weighted by molar-refractivity contribution is 0.314. The van der Waals surface area contributed by atoms with Gasteiger partial charge < -0.3 is 14.7 Å². The van der Waals surface area contributed by atoms with Crippen LogP contribution in [0.2, 0.25) is 0 Å². The lowest BCUT2D eigenvalue weighted by Gasteiger charge is -2.37. The molecular weight excluding hydrogens is 334 g/mol. The summed E-state index contributed by atoms with van der Waals surface area (Å²) in [6.45, 7) is 5.38. The molecule has 10 heteroatoms. The largest absolute Gasteiger partial charge is 0.353 e. The summed E-state index contributed by atoms with van der Waals surface area (Å²) in [7, 11) is 0. The van der Waals surface area contributed by atoms with Crippen molar-refractivity contribution in [3.63, 3.8) is 0 Å². The summed E-state index contributed by atoms with van der Waals surface area (Å²) in [6.07, 6.45) is 7.58. The van der Waals surface area contributed by atoms with Crippen LogP contribution in [0.1, 0.15) is 12.8 Å². The van der Waals surface area contributed by atoms with Crippen molar-refractivity contribution in [3.8, 4) is 0 Å². The molecule has 10 nitrogen and oxygen atoms in total. The van der Waals surface area contributed by atoms with Gasteiger partial charge in [0, 0.05) is 51.7 Å². The molecule has 0 bridgehead atoms. The number of nitrogens with zero attached hydrogens (tertiary/aromatic N) is 9. The van der Waals surface area contributed by atoms with Crippen LogP contribution in [0.5, 0.6) is 0 Å². The number of rotatable bonds is 3. The number of hydrogen-bond acceptors (Lipinski definition) is 10. The van der Waals surface area contributed by atoms with Crippen molar-refractivity contribution >= 4 is 28.7 Å². The van der Waals surface area contributed by atoms with Crippen LogP contribution >= 0.6 is 0 Å². The molecule has 134 valence electrons. The van der Waals surface area contributed by atoms with E-state index in [9.17, 15) is 0 Å². The van der Waals surface area contributed by atoms with E-state index in [0.29, 0.717) is 11.3 Å². The Labute approximate surface area is 149 Å². The maximum atomic E-state index is 4.81. The van der Waals surface area contributed by atoms with E-state index in [-0.39, 0.29) is 0 Å². The number of aromatic nitrogens is 6. The third-order valence-electron chi connectivity index (χ3n) is 4.94. The van der Waals surface area contributed by atoms with Gasteiger partial charge in [-0.1, -0.05) is 0 Å². The molecule has 2 aliphatic rings. The van der Waals surface area contributed by atoms with E-state index in [1.165, 1.54) is 12.8 Å². The van der Waals surface area contributed by atoms with Crippen molar-refractivity contribution < 1.29 is 4.63 Å². The molecule has 0 N–H and O–H groups in total. The van der Waals surface area contributed by atoms with Gasteiger partial charge in [-0.2, -0.15) is 0 Å². The van der Waals surface area contributed by atoms with Gasteiger partial charge in [0.15, 0.2) is 11.6 Å². The van der Waals surface area contributed by atoms with Crippen molar-refractivity contribution in [3.05, 3.63) is 18.6 Å². The monoisotopic (exact) mass is 353 g/mol. The Balaban J connectivity index is 1.42. The summed E-state index contributed by atoms with van der Waals surface area (Å²) in [5.41, 5.74) is 0.924. The van der Waals surface area contributed by atoms with Crippen molar-refractivity contribution in [1.82, 2.24) is 30.2 Å². The molecule has 0 saturated carbocycles. The van der Waals surface area contributed by atoms with Gasteiger partial charge in [-0.25, -0.2) is 19.6 Å². The average Bonchev–Trinajstić information content (AvgIpc) is 3.39. The molecule has 5 heterocycles. The van der Waals surface area contributed by atoms with Gasteiger partial charge in [0.25, 0.3) is 0 Å². The first-order chi connectivity index (χ1) is 12.9. The Morgan fingerprint density at radius 2 is 1.35 bits per heavy atom. The molecule has 2 fully saturated rings. The first-order valence-corrected chi connectivity index (χ1v) is 8.90. The van der Waals surface area contributed by atoms with Gasteiger partial charge >= 0.3 is 0 Å². The summed E-state index contributed by atoms with van der Waals surface area (Å²) >= 11 is 0. The Morgan fingerprint density at radius 3 is 1.96 bits per heavy atom. The minimum atomic E-state index is 0.458. The predicted molar refractivity (Wildman–Crippen MR) is 95.3 cm³/mol. The highest BCUT2D eigenvalue weighted by molar-refractivity contribution is 5.75. The standard InChI is InChI=1S/C16H19N9O/c1-2-6-24(5-1)15-16(20-14-13(19-15)21-26-22-14)25-9-7-23(8-10-25)12-11-17-3-4-18-12/h3-4,11H,1-2,5-10H2. The number of anilines is 3. The quantitative estimate of drug-likeness (QED) is 0.670. The summed E-state index contributed by atoms with van der Waals surface area (Å²) < 4.78 is 4.81. The summed E-state index contributed by atoms with van der Waals surface area (Å²) in [5, 5.41) is 7.73. The van der Waals surface area contributed by atoms with E-state index in [4.69, 9.17) is 9.61 Å². The molecule has 2 saturated heterocycles. The van der Waals surface area contributed by atoms with E-state index in [1.54, 1.807) is 18.6 Å². The third kappa shape index (κ3) is 2.67. The second-order valence-corrected chi connectivity index (χ2v) is 6.51. The Hall–Kier alpha value is -3.04. The van der Waals surface area contributed by atoms with E-state index < -0.39 is 0 Å². The molecule has 2 aliphatic heterocycles. The molecule has 5 rings (SSSR count). The minimum absolute atomic E-state index is 0.458. The van der Waals surface area contributed by atoms with Crippen LogP contribution in [0.4, 0.5) is 17.5 Å². The Bertz CT molecular complexity index is 885. The van der Waals surface area contributed by atoms with E-state index >= 15 is 0 Å². The van der Waals surface area contributed by atoms with Crippen molar-refractivity contribution in [2.75, 3.05) is 54.0 Å². The van der Waals surface area contributed by atoms with E-state index in [2.05, 4.69) is 40.0 Å². The average molecular weight is 353 g/mol. The lowest BCUT2D eigenvalue weighted by Crippen LogP contribution is -2.47. The van der Waals surface area contributed by atoms with Crippen LogP contribution in [0.15, 0.2) is 23.2 Å². The number of hydrogen-bond donors (Lipinski definition) is 0. The topological polar surface area (TPSA) is 100 Å². The third-order valence-corrected chi connectivity index (χ3v) is 4.94. The summed E-state index contributed by atoms with van der Waals surface area (Å²) in [4.78, 5) is 24.7. The van der Waals surface area contributed by atoms with Gasteiger partial charge in [0.1, 0.15) is 5.82 Å². The Morgan fingerprint density at radius 1 is 0.731 bits per heavy atom. The van der Waals surface area contributed by atoms with Crippen LogP contribution in [-0.4, -0.2) is 69.5 Å². The Kier molecular flexibility index (Phi) is 3.72. The van der Waals surface area contributed by atoms with Gasteiger partial charge in [0.05, 0.1) is 6.20 Å². The maximum absolute atomic E-state index is 4.81. The molecule has 0 amide bonds. The van der Waals surface area contributed by atoms with Gasteiger partial charge in [-0.3, -0.25) is 4.98 Å². The zero-order valence-corrected chi connectivity index (χ0v) is 14.3. The minimum Gasteiger partial charge on any atom is -0.353 e. The summed E-state index contributed by atoms with van der Waals surface area (Å²) in [6, 6.07) is 0. The molecular formula is C16H19N9O. The van der Waals surface area contributed by atoms with Gasteiger partial charge in [-0.05, 0) is 23.2 Å². The number of piperazine rings is 1. The molecule has 26 heavy (non-hydrogen) atoms. The smallest absolute Gasteiger partial charge is 0.245 e. The molecule has 3 aromatic rings. The second kappa shape index (κ2) is 6.36. The maximum Gasteiger partial charge on any atom is 0.245 e. The molecule has 0 atom stereocenters. The normalized spacial score (nSPS) is 18.1.